The van der Waals surface area contributed by atoms with E-state index in [1.165, 1.54) is 72.0 Å². The van der Waals surface area contributed by atoms with Crippen LogP contribution in [0.25, 0.3) is 0 Å². The monoisotopic (exact) mass is 491 g/mol. The lowest BCUT2D eigenvalue weighted by Crippen LogP contribution is -2.43. The molecule has 1 saturated heterocycles. The quantitative estimate of drug-likeness (QED) is 0.636. The third-order valence-corrected chi connectivity index (χ3v) is 10.5. The molecule has 3 aliphatic rings. The van der Waals surface area contributed by atoms with Gasteiger partial charge in [0.25, 0.3) is 5.91 Å². The van der Waals surface area contributed by atoms with Crippen LogP contribution in [0.4, 0.5) is 4.39 Å². The van der Waals surface area contributed by atoms with Crippen molar-refractivity contribution in [3.05, 3.63) is 46.2 Å². The van der Waals surface area contributed by atoms with Crippen molar-refractivity contribution in [1.82, 2.24) is 14.6 Å². The fourth-order valence-corrected chi connectivity index (χ4v) is 7.83. The molecule has 1 aromatic carbocycles. The summed E-state index contributed by atoms with van der Waals surface area (Å²) in [6, 6.07) is 4.95. The van der Waals surface area contributed by atoms with Gasteiger partial charge in [-0.3, -0.25) is 4.79 Å². The lowest BCUT2D eigenvalue weighted by atomic mass is 9.82. The average molecular weight is 492 g/mol. The summed E-state index contributed by atoms with van der Waals surface area (Å²) in [6.45, 7) is 0.770. The van der Waals surface area contributed by atoms with Crippen molar-refractivity contribution < 1.29 is 17.6 Å². The number of rotatable bonds is 6. The molecule has 0 unspecified atom stereocenters. The van der Waals surface area contributed by atoms with E-state index in [2.05, 4.69) is 10.3 Å². The molecule has 5 rings (SSSR count). The summed E-state index contributed by atoms with van der Waals surface area (Å²) in [5.74, 6) is 0.213. The second-order valence-corrected chi connectivity index (χ2v) is 12.5. The van der Waals surface area contributed by atoms with E-state index < -0.39 is 15.8 Å². The molecule has 2 aromatic rings. The topological polar surface area (TPSA) is 79.4 Å². The van der Waals surface area contributed by atoms with E-state index in [9.17, 15) is 17.6 Å². The number of nitrogens with one attached hydrogen (secondary N) is 1. The van der Waals surface area contributed by atoms with Gasteiger partial charge in [0.15, 0.2) is 0 Å². The van der Waals surface area contributed by atoms with Crippen LogP contribution in [0, 0.1) is 11.7 Å². The molecule has 2 saturated carbocycles. The Balaban J connectivity index is 1.19. The first-order valence-electron chi connectivity index (χ1n) is 11.9. The first-order chi connectivity index (χ1) is 15.9. The Morgan fingerprint density at radius 1 is 1.06 bits per heavy atom. The van der Waals surface area contributed by atoms with Gasteiger partial charge in [-0.05, 0) is 68.7 Å². The number of carbonyl (C=O) groups is 1. The first-order valence-corrected chi connectivity index (χ1v) is 14.2. The second kappa shape index (κ2) is 9.07. The van der Waals surface area contributed by atoms with E-state index in [-0.39, 0.29) is 22.3 Å². The molecule has 2 aliphatic carbocycles. The van der Waals surface area contributed by atoms with Crippen LogP contribution in [-0.4, -0.2) is 42.2 Å². The minimum Gasteiger partial charge on any atom is -0.345 e. The van der Waals surface area contributed by atoms with Crippen LogP contribution in [0.5, 0.6) is 0 Å². The van der Waals surface area contributed by atoms with Gasteiger partial charge < -0.3 is 5.32 Å². The number of nitrogens with zero attached hydrogens (tertiary/aromatic N) is 2. The number of amides is 1. The highest BCUT2D eigenvalue weighted by Crippen LogP contribution is 2.48. The van der Waals surface area contributed by atoms with Crippen molar-refractivity contribution in [3.63, 3.8) is 0 Å². The number of thiazole rings is 1. The molecule has 33 heavy (non-hydrogen) atoms. The van der Waals surface area contributed by atoms with Crippen molar-refractivity contribution in [3.8, 4) is 0 Å². The third-order valence-electron chi connectivity index (χ3n) is 7.55. The van der Waals surface area contributed by atoms with Crippen LogP contribution < -0.4 is 5.32 Å². The zero-order valence-corrected chi connectivity index (χ0v) is 20.3. The molecule has 0 radical (unpaired) electrons. The number of piperidine rings is 1. The van der Waals surface area contributed by atoms with Crippen molar-refractivity contribution in [2.45, 2.75) is 74.1 Å². The number of aromatic nitrogens is 1. The number of sulfonamides is 1. The summed E-state index contributed by atoms with van der Waals surface area (Å²) < 4.78 is 40.3. The molecule has 0 spiro atoms. The molecule has 0 atom stereocenters. The van der Waals surface area contributed by atoms with Gasteiger partial charge in [0.2, 0.25) is 10.0 Å². The highest BCUT2D eigenvalue weighted by molar-refractivity contribution is 7.89. The van der Waals surface area contributed by atoms with Crippen LogP contribution >= 0.6 is 11.3 Å². The van der Waals surface area contributed by atoms with Gasteiger partial charge in [-0.1, -0.05) is 19.3 Å². The Morgan fingerprint density at radius 3 is 2.36 bits per heavy atom. The summed E-state index contributed by atoms with van der Waals surface area (Å²) in [5, 5.41) is 6.05. The summed E-state index contributed by atoms with van der Waals surface area (Å²) in [6.07, 6.45) is 9.70. The minimum absolute atomic E-state index is 0.0126. The van der Waals surface area contributed by atoms with Crippen LogP contribution in [0.1, 0.15) is 79.2 Å². The van der Waals surface area contributed by atoms with E-state index in [1.807, 2.05) is 5.38 Å². The maximum absolute atomic E-state index is 13.2. The molecule has 178 valence electrons. The SMILES string of the molecule is O=C(NC1(C2CCCCC2)CC1)c1csc(C2CCN(S(=O)(=O)c3ccc(F)cc3)CC2)n1. The highest BCUT2D eigenvalue weighted by atomic mass is 32.2. The Labute approximate surface area is 198 Å². The smallest absolute Gasteiger partial charge is 0.271 e. The number of hydrogen-bond acceptors (Lipinski definition) is 5. The van der Waals surface area contributed by atoms with Crippen molar-refractivity contribution >= 4 is 27.3 Å². The lowest BCUT2D eigenvalue weighted by molar-refractivity contribution is 0.0897. The Morgan fingerprint density at radius 2 is 1.73 bits per heavy atom. The van der Waals surface area contributed by atoms with E-state index in [4.69, 9.17) is 0 Å². The van der Waals surface area contributed by atoms with E-state index in [0.29, 0.717) is 37.5 Å². The fourth-order valence-electron chi connectivity index (χ4n) is 5.39. The van der Waals surface area contributed by atoms with Gasteiger partial charge in [0.1, 0.15) is 11.5 Å². The van der Waals surface area contributed by atoms with Crippen LogP contribution in [0.2, 0.25) is 0 Å². The van der Waals surface area contributed by atoms with Crippen LogP contribution in [0.15, 0.2) is 34.5 Å². The van der Waals surface area contributed by atoms with Gasteiger partial charge in [-0.15, -0.1) is 11.3 Å². The highest BCUT2D eigenvalue weighted by Gasteiger charge is 2.50. The first kappa shape index (κ1) is 22.9. The summed E-state index contributed by atoms with van der Waals surface area (Å²) >= 11 is 1.49. The standard InChI is InChI=1S/C24H30FN3O3S2/c25-19-6-8-20(9-7-19)33(30,31)28-14-10-17(11-15-28)23-26-21(16-32-23)22(29)27-24(12-13-24)18-4-2-1-3-5-18/h6-9,16-18H,1-5,10-15H2,(H,27,29). The van der Waals surface area contributed by atoms with E-state index >= 15 is 0 Å². The zero-order chi connectivity index (χ0) is 23.1. The molecule has 1 amide bonds. The van der Waals surface area contributed by atoms with Crippen LogP contribution in [-0.2, 0) is 10.0 Å². The predicted octanol–water partition coefficient (Wildman–Crippen LogP) is 4.69. The Bertz CT molecular complexity index is 1100. The molecule has 9 heteroatoms. The molecule has 2 heterocycles. The molecule has 1 aliphatic heterocycles. The van der Waals surface area contributed by atoms with Gasteiger partial charge in [-0.25, -0.2) is 17.8 Å². The molecule has 1 N–H and O–H groups in total. The van der Waals surface area contributed by atoms with Gasteiger partial charge in [-0.2, -0.15) is 4.31 Å². The second-order valence-electron chi connectivity index (χ2n) is 9.65. The number of hydrogen-bond donors (Lipinski definition) is 1. The molecule has 3 fully saturated rings. The summed E-state index contributed by atoms with van der Waals surface area (Å²) in [7, 11) is -3.63. The number of carbonyl (C=O) groups excluding carboxylic acids is 1. The number of halogens is 1. The number of benzene rings is 1. The predicted molar refractivity (Wildman–Crippen MR) is 125 cm³/mol. The maximum Gasteiger partial charge on any atom is 0.271 e. The van der Waals surface area contributed by atoms with E-state index in [1.54, 1.807) is 0 Å². The summed E-state index contributed by atoms with van der Waals surface area (Å²) in [5.41, 5.74) is 0.472. The Kier molecular flexibility index (Phi) is 6.30. The van der Waals surface area contributed by atoms with Gasteiger partial charge in [0, 0.05) is 29.9 Å². The molecule has 6 nitrogen and oxygen atoms in total. The largest absolute Gasteiger partial charge is 0.345 e. The van der Waals surface area contributed by atoms with Gasteiger partial charge >= 0.3 is 0 Å². The molecule has 1 aromatic heterocycles. The van der Waals surface area contributed by atoms with Crippen LogP contribution in [0.3, 0.4) is 0 Å². The zero-order valence-electron chi connectivity index (χ0n) is 18.6. The van der Waals surface area contributed by atoms with Crippen molar-refractivity contribution in [2.24, 2.45) is 5.92 Å². The maximum atomic E-state index is 13.2. The molecular formula is C24H30FN3O3S2. The molecular weight excluding hydrogens is 461 g/mol. The Hall–Kier alpha value is -1.84. The lowest BCUT2D eigenvalue weighted by Gasteiger charge is -2.31. The summed E-state index contributed by atoms with van der Waals surface area (Å²) in [4.78, 5) is 17.7. The van der Waals surface area contributed by atoms with E-state index in [0.717, 1.165) is 17.8 Å². The van der Waals surface area contributed by atoms with Gasteiger partial charge in [0.05, 0.1) is 9.90 Å². The average Bonchev–Trinajstić information content (AvgIpc) is 3.44. The normalized spacial score (nSPS) is 22.2. The molecule has 0 bridgehead atoms. The third kappa shape index (κ3) is 4.72. The van der Waals surface area contributed by atoms with Crippen molar-refractivity contribution in [1.29, 1.82) is 0 Å². The fraction of sp³-hybridized carbons (Fsp3) is 0.583. The minimum atomic E-state index is -3.63. The van der Waals surface area contributed by atoms with Crippen molar-refractivity contribution in [2.75, 3.05) is 13.1 Å².